The summed E-state index contributed by atoms with van der Waals surface area (Å²) in [5.41, 5.74) is 1.71. The molecule has 0 spiro atoms. The molecule has 2 rings (SSSR count). The van der Waals surface area contributed by atoms with Crippen molar-refractivity contribution in [3.63, 3.8) is 0 Å². The highest BCUT2D eigenvalue weighted by Gasteiger charge is 2.22. The molecule has 1 aliphatic heterocycles. The predicted octanol–water partition coefficient (Wildman–Crippen LogP) is 1.15. The first-order valence-electron chi connectivity index (χ1n) is 6.89. The van der Waals surface area contributed by atoms with Crippen LogP contribution in [0.1, 0.15) is 25.3 Å². The van der Waals surface area contributed by atoms with Crippen molar-refractivity contribution in [2.75, 3.05) is 11.4 Å². The van der Waals surface area contributed by atoms with Crippen LogP contribution in [0.4, 0.5) is 5.69 Å². The Kier molecular flexibility index (Phi) is 4.57. The third-order valence-electron chi connectivity index (χ3n) is 3.55. The van der Waals surface area contributed by atoms with Gasteiger partial charge in [-0.2, -0.15) is 0 Å². The van der Waals surface area contributed by atoms with Crippen LogP contribution in [0.3, 0.4) is 0 Å². The first kappa shape index (κ1) is 15.0. The summed E-state index contributed by atoms with van der Waals surface area (Å²) in [7, 11) is 0. The van der Waals surface area contributed by atoms with Crippen molar-refractivity contribution in [3.8, 4) is 0 Å². The molecule has 0 saturated carbocycles. The van der Waals surface area contributed by atoms with Crippen LogP contribution in [0.2, 0.25) is 0 Å². The van der Waals surface area contributed by atoms with Gasteiger partial charge in [-0.1, -0.05) is 12.1 Å². The lowest BCUT2D eigenvalue weighted by atomic mass is 10.1. The monoisotopic (exact) mass is 290 g/mol. The average molecular weight is 290 g/mol. The zero-order valence-corrected chi connectivity index (χ0v) is 11.8. The molecule has 1 heterocycles. The minimum Gasteiger partial charge on any atom is -0.481 e. The molecule has 6 heteroatoms. The fourth-order valence-corrected chi connectivity index (χ4v) is 2.17. The quantitative estimate of drug-likeness (QED) is 0.796. The largest absolute Gasteiger partial charge is 0.481 e. The van der Waals surface area contributed by atoms with Gasteiger partial charge >= 0.3 is 5.97 Å². The van der Waals surface area contributed by atoms with E-state index in [2.05, 4.69) is 5.32 Å². The summed E-state index contributed by atoms with van der Waals surface area (Å²) in [6.45, 7) is 2.36. The molecule has 1 unspecified atom stereocenters. The highest BCUT2D eigenvalue weighted by molar-refractivity contribution is 5.96. The van der Waals surface area contributed by atoms with E-state index in [-0.39, 0.29) is 12.5 Å². The number of carbonyl (C=O) groups excluding carboxylic acids is 2. The molecular weight excluding hydrogens is 272 g/mol. The number of aliphatic carboxylic acids is 1. The third-order valence-corrected chi connectivity index (χ3v) is 3.55. The first-order valence-corrected chi connectivity index (χ1v) is 6.89. The van der Waals surface area contributed by atoms with Crippen molar-refractivity contribution in [2.24, 2.45) is 5.92 Å². The van der Waals surface area contributed by atoms with Gasteiger partial charge in [0.1, 0.15) is 5.92 Å². The molecule has 6 nitrogen and oxygen atoms in total. The van der Waals surface area contributed by atoms with E-state index in [9.17, 15) is 14.4 Å². The Morgan fingerprint density at radius 2 is 2.00 bits per heavy atom. The second kappa shape index (κ2) is 6.39. The number of benzene rings is 1. The lowest BCUT2D eigenvalue weighted by Gasteiger charge is -2.16. The summed E-state index contributed by atoms with van der Waals surface area (Å²) in [5, 5.41) is 11.3. The number of anilines is 1. The number of carbonyl (C=O) groups is 3. The molecule has 1 atom stereocenters. The van der Waals surface area contributed by atoms with Gasteiger partial charge in [-0.15, -0.1) is 0 Å². The normalized spacial score (nSPS) is 15.9. The van der Waals surface area contributed by atoms with E-state index in [0.717, 1.165) is 24.2 Å². The highest BCUT2D eigenvalue weighted by Crippen LogP contribution is 2.21. The van der Waals surface area contributed by atoms with Crippen LogP contribution in [0.25, 0.3) is 0 Å². The SMILES string of the molecule is CC(C(=O)O)C(=O)NCc1ccc(N2CCCC2=O)cc1. The minimum atomic E-state index is -1.14. The Bertz CT molecular complexity index is 553. The standard InChI is InChI=1S/C15H18N2O4/c1-10(15(20)21)14(19)16-9-11-4-6-12(7-5-11)17-8-2-3-13(17)18/h4-7,10H,2-3,8-9H2,1H3,(H,16,19)(H,20,21). The Balaban J connectivity index is 1.92. The Hall–Kier alpha value is -2.37. The maximum absolute atomic E-state index is 11.6. The number of hydrogen-bond donors (Lipinski definition) is 2. The molecule has 1 aromatic carbocycles. The molecule has 1 aromatic rings. The van der Waals surface area contributed by atoms with Gasteiger partial charge in [0.25, 0.3) is 0 Å². The van der Waals surface area contributed by atoms with Gasteiger partial charge in [0.2, 0.25) is 11.8 Å². The molecule has 1 aliphatic rings. The van der Waals surface area contributed by atoms with Crippen molar-refractivity contribution in [1.29, 1.82) is 0 Å². The zero-order valence-electron chi connectivity index (χ0n) is 11.8. The van der Waals surface area contributed by atoms with Gasteiger partial charge in [0.05, 0.1) is 0 Å². The van der Waals surface area contributed by atoms with Crippen LogP contribution in [0.15, 0.2) is 24.3 Å². The molecule has 21 heavy (non-hydrogen) atoms. The van der Waals surface area contributed by atoms with Crippen LogP contribution < -0.4 is 10.2 Å². The van der Waals surface area contributed by atoms with Crippen molar-refractivity contribution in [3.05, 3.63) is 29.8 Å². The van der Waals surface area contributed by atoms with Crippen LogP contribution in [0.5, 0.6) is 0 Å². The van der Waals surface area contributed by atoms with Crippen LogP contribution in [-0.2, 0) is 20.9 Å². The molecule has 1 fully saturated rings. The summed E-state index contributed by atoms with van der Waals surface area (Å²) >= 11 is 0. The third kappa shape index (κ3) is 3.59. The van der Waals surface area contributed by atoms with Gasteiger partial charge in [0.15, 0.2) is 0 Å². The van der Waals surface area contributed by atoms with E-state index in [4.69, 9.17) is 5.11 Å². The minimum absolute atomic E-state index is 0.131. The fourth-order valence-electron chi connectivity index (χ4n) is 2.17. The number of amides is 2. The van der Waals surface area contributed by atoms with E-state index in [0.29, 0.717) is 6.42 Å². The predicted molar refractivity (Wildman–Crippen MR) is 76.7 cm³/mol. The summed E-state index contributed by atoms with van der Waals surface area (Å²) in [6.07, 6.45) is 1.47. The smallest absolute Gasteiger partial charge is 0.315 e. The van der Waals surface area contributed by atoms with Crippen LogP contribution in [-0.4, -0.2) is 29.4 Å². The lowest BCUT2D eigenvalue weighted by Crippen LogP contribution is -2.33. The molecular formula is C15H18N2O4. The molecule has 0 radical (unpaired) electrons. The van der Waals surface area contributed by atoms with E-state index in [1.165, 1.54) is 6.92 Å². The van der Waals surface area contributed by atoms with Gasteiger partial charge < -0.3 is 15.3 Å². The number of nitrogens with one attached hydrogen (secondary N) is 1. The molecule has 2 N–H and O–H groups in total. The summed E-state index contributed by atoms with van der Waals surface area (Å²) in [5.74, 6) is -2.59. The van der Waals surface area contributed by atoms with E-state index < -0.39 is 17.8 Å². The van der Waals surface area contributed by atoms with E-state index >= 15 is 0 Å². The topological polar surface area (TPSA) is 86.7 Å². The number of rotatable bonds is 5. The lowest BCUT2D eigenvalue weighted by molar-refractivity contribution is -0.146. The molecule has 0 bridgehead atoms. The summed E-state index contributed by atoms with van der Waals surface area (Å²) in [4.78, 5) is 35.6. The van der Waals surface area contributed by atoms with Crippen LogP contribution >= 0.6 is 0 Å². The Labute approximate surface area is 122 Å². The molecule has 0 aromatic heterocycles. The molecule has 0 aliphatic carbocycles. The first-order chi connectivity index (χ1) is 9.99. The molecule has 112 valence electrons. The van der Waals surface area contributed by atoms with Crippen molar-refractivity contribution in [1.82, 2.24) is 5.32 Å². The van der Waals surface area contributed by atoms with Crippen molar-refractivity contribution < 1.29 is 19.5 Å². The highest BCUT2D eigenvalue weighted by atomic mass is 16.4. The maximum atomic E-state index is 11.6. The second-order valence-electron chi connectivity index (χ2n) is 5.09. The second-order valence-corrected chi connectivity index (χ2v) is 5.09. The number of carboxylic acid groups (broad SMARTS) is 1. The van der Waals surface area contributed by atoms with E-state index in [1.54, 1.807) is 4.90 Å². The van der Waals surface area contributed by atoms with Gasteiger partial charge in [-0.25, -0.2) is 0 Å². The average Bonchev–Trinajstić information content (AvgIpc) is 2.90. The zero-order chi connectivity index (χ0) is 15.4. The Morgan fingerprint density at radius 3 is 2.52 bits per heavy atom. The molecule has 2 amide bonds. The maximum Gasteiger partial charge on any atom is 0.315 e. The fraction of sp³-hybridized carbons (Fsp3) is 0.400. The van der Waals surface area contributed by atoms with Crippen molar-refractivity contribution in [2.45, 2.75) is 26.3 Å². The van der Waals surface area contributed by atoms with E-state index in [1.807, 2.05) is 24.3 Å². The van der Waals surface area contributed by atoms with Gasteiger partial charge in [-0.05, 0) is 31.0 Å². The summed E-state index contributed by atoms with van der Waals surface area (Å²) < 4.78 is 0. The molecule has 1 saturated heterocycles. The number of carboxylic acids is 1. The van der Waals surface area contributed by atoms with Gasteiger partial charge in [0, 0.05) is 25.2 Å². The number of hydrogen-bond acceptors (Lipinski definition) is 3. The number of nitrogens with zero attached hydrogens (tertiary/aromatic N) is 1. The van der Waals surface area contributed by atoms with Gasteiger partial charge in [-0.3, -0.25) is 14.4 Å². The van der Waals surface area contributed by atoms with Crippen molar-refractivity contribution >= 4 is 23.5 Å². The van der Waals surface area contributed by atoms with Crippen LogP contribution in [0, 0.1) is 5.92 Å². The Morgan fingerprint density at radius 1 is 1.33 bits per heavy atom. The summed E-state index contributed by atoms with van der Waals surface area (Å²) in [6, 6.07) is 7.33.